The normalized spacial score (nSPS) is 10.1. The first kappa shape index (κ1) is 15.8. The highest BCUT2D eigenvalue weighted by molar-refractivity contribution is 6.30. The van der Waals surface area contributed by atoms with Crippen molar-refractivity contribution >= 4 is 23.6 Å². The van der Waals surface area contributed by atoms with Crippen molar-refractivity contribution in [3.8, 4) is 5.69 Å². The third kappa shape index (κ3) is 3.73. The average Bonchev–Trinajstić information content (AvgIpc) is 2.87. The number of hydrazine groups is 1. The molecule has 2 aromatic rings. The van der Waals surface area contributed by atoms with Gasteiger partial charge < -0.3 is 4.74 Å². The van der Waals surface area contributed by atoms with E-state index >= 15 is 0 Å². The van der Waals surface area contributed by atoms with Crippen LogP contribution in [0.4, 0.5) is 4.79 Å². The molecule has 0 unspecified atom stereocenters. The molecule has 116 valence electrons. The molecular formula is C13H14ClN5O3. The lowest BCUT2D eigenvalue weighted by molar-refractivity contribution is 0.0907. The fraction of sp³-hybridized carbons (Fsp3) is 0.231. The van der Waals surface area contributed by atoms with Gasteiger partial charge in [0.05, 0.1) is 18.0 Å². The molecule has 0 fully saturated rings. The van der Waals surface area contributed by atoms with Gasteiger partial charge in [-0.25, -0.2) is 10.2 Å². The summed E-state index contributed by atoms with van der Waals surface area (Å²) in [6, 6.07) is 6.89. The molecule has 0 bridgehead atoms. The molecule has 0 atom stereocenters. The molecule has 0 saturated carbocycles. The summed E-state index contributed by atoms with van der Waals surface area (Å²) in [5.74, 6) is -0.598. The quantitative estimate of drug-likeness (QED) is 0.836. The van der Waals surface area contributed by atoms with Crippen LogP contribution in [-0.4, -0.2) is 33.6 Å². The van der Waals surface area contributed by atoms with E-state index in [2.05, 4.69) is 25.8 Å². The summed E-state index contributed by atoms with van der Waals surface area (Å²) in [5, 5.41) is 8.77. The summed E-state index contributed by atoms with van der Waals surface area (Å²) in [5.41, 5.74) is 5.41. The average molecular weight is 324 g/mol. The van der Waals surface area contributed by atoms with Gasteiger partial charge in [0.25, 0.3) is 5.91 Å². The SMILES string of the molecule is CCOC(=O)NNC(=O)c1nn(-c2cccc(Cl)c2)nc1C. The third-order valence-corrected chi connectivity index (χ3v) is 2.82. The number of nitrogens with zero attached hydrogens (tertiary/aromatic N) is 3. The molecule has 2 N–H and O–H groups in total. The van der Waals surface area contributed by atoms with Crippen LogP contribution >= 0.6 is 11.6 Å². The first-order chi connectivity index (χ1) is 10.5. The van der Waals surface area contributed by atoms with Crippen LogP contribution in [0, 0.1) is 6.92 Å². The van der Waals surface area contributed by atoms with E-state index in [0.717, 1.165) is 0 Å². The minimum Gasteiger partial charge on any atom is -0.449 e. The Hall–Kier alpha value is -2.61. The van der Waals surface area contributed by atoms with E-state index in [1.165, 1.54) is 4.80 Å². The maximum atomic E-state index is 12.0. The van der Waals surface area contributed by atoms with Gasteiger partial charge in [-0.05, 0) is 32.0 Å². The Morgan fingerprint density at radius 1 is 1.32 bits per heavy atom. The number of ether oxygens (including phenoxy) is 1. The van der Waals surface area contributed by atoms with Crippen LogP contribution in [0.25, 0.3) is 5.69 Å². The summed E-state index contributed by atoms with van der Waals surface area (Å²) >= 11 is 5.91. The first-order valence-corrected chi connectivity index (χ1v) is 6.82. The van der Waals surface area contributed by atoms with Crippen LogP contribution in [-0.2, 0) is 4.74 Å². The molecule has 1 aromatic carbocycles. The van der Waals surface area contributed by atoms with Gasteiger partial charge in [-0.2, -0.15) is 9.90 Å². The minimum absolute atomic E-state index is 0.0803. The Bertz CT molecular complexity index is 701. The van der Waals surface area contributed by atoms with Crippen molar-refractivity contribution in [2.24, 2.45) is 0 Å². The van der Waals surface area contributed by atoms with Crippen LogP contribution in [0.1, 0.15) is 23.1 Å². The van der Waals surface area contributed by atoms with Crippen molar-refractivity contribution in [3.05, 3.63) is 40.7 Å². The number of hydrogen-bond acceptors (Lipinski definition) is 5. The van der Waals surface area contributed by atoms with E-state index < -0.39 is 12.0 Å². The summed E-state index contributed by atoms with van der Waals surface area (Å²) in [7, 11) is 0. The maximum absolute atomic E-state index is 12.0. The monoisotopic (exact) mass is 323 g/mol. The van der Waals surface area contributed by atoms with Gasteiger partial charge in [-0.1, -0.05) is 17.7 Å². The van der Waals surface area contributed by atoms with Gasteiger partial charge in [-0.15, -0.1) is 5.10 Å². The zero-order valence-corrected chi connectivity index (χ0v) is 12.7. The van der Waals surface area contributed by atoms with Gasteiger partial charge in [0.1, 0.15) is 0 Å². The zero-order valence-electron chi connectivity index (χ0n) is 12.0. The molecule has 0 spiro atoms. The molecule has 1 heterocycles. The molecule has 9 heteroatoms. The molecule has 8 nitrogen and oxygen atoms in total. The predicted octanol–water partition coefficient (Wildman–Crippen LogP) is 1.62. The van der Waals surface area contributed by atoms with E-state index in [1.54, 1.807) is 38.1 Å². The smallest absolute Gasteiger partial charge is 0.426 e. The Morgan fingerprint density at radius 2 is 2.09 bits per heavy atom. The van der Waals surface area contributed by atoms with Crippen LogP contribution in [0.3, 0.4) is 0 Å². The minimum atomic E-state index is -0.754. The number of carbonyl (C=O) groups is 2. The molecule has 1 aromatic heterocycles. The standard InChI is InChI=1S/C13H14ClN5O3/c1-3-22-13(21)16-15-12(20)11-8(2)17-19(18-11)10-6-4-5-9(14)7-10/h4-7H,3H2,1-2H3,(H,15,20)(H,16,21). The van der Waals surface area contributed by atoms with E-state index in [-0.39, 0.29) is 12.3 Å². The number of nitrogens with one attached hydrogen (secondary N) is 2. The highest BCUT2D eigenvalue weighted by Crippen LogP contribution is 2.14. The van der Waals surface area contributed by atoms with Crippen molar-refractivity contribution in [2.75, 3.05) is 6.61 Å². The van der Waals surface area contributed by atoms with Crippen molar-refractivity contribution in [1.82, 2.24) is 25.8 Å². The second-order valence-electron chi connectivity index (χ2n) is 4.20. The van der Waals surface area contributed by atoms with Crippen LogP contribution in [0.5, 0.6) is 0 Å². The number of amides is 2. The van der Waals surface area contributed by atoms with Crippen molar-refractivity contribution in [1.29, 1.82) is 0 Å². The molecule has 0 saturated heterocycles. The van der Waals surface area contributed by atoms with Crippen molar-refractivity contribution < 1.29 is 14.3 Å². The number of aromatic nitrogens is 3. The number of rotatable bonds is 3. The van der Waals surface area contributed by atoms with Crippen molar-refractivity contribution in [2.45, 2.75) is 13.8 Å². The highest BCUT2D eigenvalue weighted by Gasteiger charge is 2.17. The van der Waals surface area contributed by atoms with E-state index in [4.69, 9.17) is 11.6 Å². The largest absolute Gasteiger partial charge is 0.449 e. The van der Waals surface area contributed by atoms with E-state index in [9.17, 15) is 9.59 Å². The molecule has 0 aliphatic carbocycles. The first-order valence-electron chi connectivity index (χ1n) is 6.44. The third-order valence-electron chi connectivity index (χ3n) is 2.59. The van der Waals surface area contributed by atoms with E-state index in [1.807, 2.05) is 0 Å². The summed E-state index contributed by atoms with van der Waals surface area (Å²) in [4.78, 5) is 24.4. The van der Waals surface area contributed by atoms with Gasteiger partial charge in [0.2, 0.25) is 0 Å². The van der Waals surface area contributed by atoms with Gasteiger partial charge in [0.15, 0.2) is 5.69 Å². The predicted molar refractivity (Wildman–Crippen MR) is 78.7 cm³/mol. The molecule has 0 aliphatic rings. The molecule has 2 amide bonds. The number of aryl methyl sites for hydroxylation is 1. The fourth-order valence-electron chi connectivity index (χ4n) is 1.64. The van der Waals surface area contributed by atoms with Gasteiger partial charge in [0, 0.05) is 5.02 Å². The summed E-state index contributed by atoms with van der Waals surface area (Å²) < 4.78 is 4.63. The van der Waals surface area contributed by atoms with E-state index in [0.29, 0.717) is 16.4 Å². The number of carbonyl (C=O) groups excluding carboxylic acids is 2. The second kappa shape index (κ2) is 6.90. The Morgan fingerprint density at radius 3 is 2.77 bits per heavy atom. The number of benzene rings is 1. The summed E-state index contributed by atoms with van der Waals surface area (Å²) in [6.07, 6.45) is -0.754. The zero-order chi connectivity index (χ0) is 16.1. The second-order valence-corrected chi connectivity index (χ2v) is 4.64. The molecule has 22 heavy (non-hydrogen) atoms. The Labute approximate surface area is 131 Å². The van der Waals surface area contributed by atoms with Crippen molar-refractivity contribution in [3.63, 3.8) is 0 Å². The topological polar surface area (TPSA) is 98.1 Å². The van der Waals surface area contributed by atoms with Crippen LogP contribution < -0.4 is 10.9 Å². The molecule has 0 radical (unpaired) electrons. The molecule has 0 aliphatic heterocycles. The fourth-order valence-corrected chi connectivity index (χ4v) is 1.82. The Balaban J connectivity index is 2.12. The lowest BCUT2D eigenvalue weighted by atomic mass is 10.3. The molecule has 2 rings (SSSR count). The highest BCUT2D eigenvalue weighted by atomic mass is 35.5. The summed E-state index contributed by atoms with van der Waals surface area (Å²) in [6.45, 7) is 3.49. The lowest BCUT2D eigenvalue weighted by Gasteiger charge is -2.05. The maximum Gasteiger partial charge on any atom is 0.426 e. The van der Waals surface area contributed by atoms with Gasteiger partial charge in [-0.3, -0.25) is 10.2 Å². The lowest BCUT2D eigenvalue weighted by Crippen LogP contribution is -2.42. The van der Waals surface area contributed by atoms with Gasteiger partial charge >= 0.3 is 6.09 Å². The Kier molecular flexibility index (Phi) is 4.95. The number of halogens is 1. The van der Waals surface area contributed by atoms with Crippen LogP contribution in [0.2, 0.25) is 5.02 Å². The molecular weight excluding hydrogens is 310 g/mol. The number of hydrogen-bond donors (Lipinski definition) is 2. The van der Waals surface area contributed by atoms with Crippen LogP contribution in [0.15, 0.2) is 24.3 Å².